The first-order valence-electron chi connectivity index (χ1n) is 4.36. The quantitative estimate of drug-likeness (QED) is 0.397. The second kappa shape index (κ2) is 6.58. The number of nitrogens with two attached hydrogens (primary N) is 1. The van der Waals surface area contributed by atoms with Crippen LogP contribution in [0.2, 0.25) is 0 Å². The Morgan fingerprint density at radius 1 is 1.45 bits per heavy atom. The lowest BCUT2D eigenvalue weighted by Gasteiger charge is -2.15. The maximum absolute atomic E-state index is 8.89. The average molecular weight is 160 g/mol. The van der Waals surface area contributed by atoms with Gasteiger partial charge in [-0.1, -0.05) is 26.2 Å². The lowest BCUT2D eigenvalue weighted by atomic mass is 10.2. The van der Waals surface area contributed by atoms with Crippen LogP contribution in [0, 0.1) is 0 Å². The van der Waals surface area contributed by atoms with E-state index in [4.69, 9.17) is 10.8 Å². The van der Waals surface area contributed by atoms with Crippen LogP contribution in [0.5, 0.6) is 0 Å². The van der Waals surface area contributed by atoms with E-state index in [0.29, 0.717) is 0 Å². The normalized spacial score (nSPS) is 16.4. The molecule has 0 aliphatic rings. The monoisotopic (exact) mass is 160 g/mol. The molecule has 2 unspecified atom stereocenters. The average Bonchev–Trinajstić information content (AvgIpc) is 1.86. The third-order valence-electron chi connectivity index (χ3n) is 1.57. The summed E-state index contributed by atoms with van der Waals surface area (Å²) in [5, 5.41) is 11.7. The minimum Gasteiger partial charge on any atom is -0.379 e. The maximum Gasteiger partial charge on any atom is 0.103 e. The van der Waals surface area contributed by atoms with Gasteiger partial charge in [-0.15, -0.1) is 0 Å². The zero-order valence-corrected chi connectivity index (χ0v) is 7.51. The number of unbranched alkanes of at least 4 members (excludes halogenated alkanes) is 2. The van der Waals surface area contributed by atoms with E-state index in [0.717, 1.165) is 12.8 Å². The molecular weight excluding hydrogens is 140 g/mol. The second-order valence-corrected chi connectivity index (χ2v) is 2.94. The van der Waals surface area contributed by atoms with E-state index in [2.05, 4.69) is 12.2 Å². The molecule has 3 heteroatoms. The Morgan fingerprint density at radius 3 is 2.55 bits per heavy atom. The van der Waals surface area contributed by atoms with Crippen molar-refractivity contribution in [2.75, 3.05) is 0 Å². The Hall–Kier alpha value is -0.120. The molecule has 11 heavy (non-hydrogen) atoms. The predicted octanol–water partition coefficient (Wildman–Crippen LogP) is 0.779. The van der Waals surface area contributed by atoms with Crippen molar-refractivity contribution < 1.29 is 5.11 Å². The lowest BCUT2D eigenvalue weighted by Crippen LogP contribution is -2.42. The number of aliphatic hydroxyl groups excluding tert-OH is 1. The van der Waals surface area contributed by atoms with Crippen LogP contribution in [0.3, 0.4) is 0 Å². The van der Waals surface area contributed by atoms with Crippen molar-refractivity contribution in [2.45, 2.75) is 51.9 Å². The zero-order valence-electron chi connectivity index (χ0n) is 7.51. The molecule has 0 aromatic carbocycles. The van der Waals surface area contributed by atoms with Gasteiger partial charge in [-0.2, -0.15) is 0 Å². The van der Waals surface area contributed by atoms with E-state index in [9.17, 15) is 0 Å². The topological polar surface area (TPSA) is 58.3 Å². The van der Waals surface area contributed by atoms with E-state index < -0.39 is 6.23 Å². The van der Waals surface area contributed by atoms with E-state index >= 15 is 0 Å². The highest BCUT2D eigenvalue weighted by Gasteiger charge is 2.02. The summed E-state index contributed by atoms with van der Waals surface area (Å²) in [5.74, 6) is 0. The number of hydrogen-bond donors (Lipinski definition) is 3. The molecule has 4 N–H and O–H groups in total. The Kier molecular flexibility index (Phi) is 6.51. The van der Waals surface area contributed by atoms with Crippen molar-refractivity contribution in [1.29, 1.82) is 0 Å². The molecular formula is C8H20N2O. The molecule has 68 valence electrons. The van der Waals surface area contributed by atoms with Crippen LogP contribution in [-0.2, 0) is 0 Å². The van der Waals surface area contributed by atoms with Gasteiger partial charge in [0.25, 0.3) is 0 Å². The zero-order chi connectivity index (χ0) is 8.69. The molecule has 0 aromatic rings. The first-order valence-corrected chi connectivity index (χ1v) is 4.36. The number of aliphatic hydroxyl groups is 1. The summed E-state index contributed by atoms with van der Waals surface area (Å²) < 4.78 is 0. The predicted molar refractivity (Wildman–Crippen MR) is 46.9 cm³/mol. The summed E-state index contributed by atoms with van der Waals surface area (Å²) in [4.78, 5) is 0. The van der Waals surface area contributed by atoms with Gasteiger partial charge >= 0.3 is 0 Å². The smallest absolute Gasteiger partial charge is 0.103 e. The summed E-state index contributed by atoms with van der Waals surface area (Å²) in [7, 11) is 0. The summed E-state index contributed by atoms with van der Waals surface area (Å²) in [5.41, 5.74) is 5.64. The van der Waals surface area contributed by atoms with Crippen molar-refractivity contribution in [3.05, 3.63) is 0 Å². The van der Waals surface area contributed by atoms with Crippen molar-refractivity contribution in [1.82, 2.24) is 5.32 Å². The summed E-state index contributed by atoms with van der Waals surface area (Å²) in [6.45, 7) is 3.84. The van der Waals surface area contributed by atoms with Crippen molar-refractivity contribution in [3.63, 3.8) is 0 Å². The minimum absolute atomic E-state index is 0.0541. The Morgan fingerprint density at radius 2 is 2.09 bits per heavy atom. The number of rotatable bonds is 6. The molecule has 0 rings (SSSR count). The van der Waals surface area contributed by atoms with Crippen LogP contribution >= 0.6 is 0 Å². The summed E-state index contributed by atoms with van der Waals surface area (Å²) in [6.07, 6.45) is 3.96. The van der Waals surface area contributed by atoms with Crippen LogP contribution in [0.25, 0.3) is 0 Å². The molecule has 0 radical (unpaired) electrons. The Bertz CT molecular complexity index is 86.2. The molecule has 0 spiro atoms. The van der Waals surface area contributed by atoms with Gasteiger partial charge in [-0.25, -0.2) is 0 Å². The molecule has 0 aliphatic heterocycles. The van der Waals surface area contributed by atoms with Gasteiger partial charge in [0.05, 0.1) is 6.17 Å². The van der Waals surface area contributed by atoms with Gasteiger partial charge in [0.2, 0.25) is 0 Å². The standard InChI is InChI=1S/C8H20N2O/c1-3-4-5-6-8(9)10-7(2)11/h7-8,10-11H,3-6,9H2,1-2H3. The fourth-order valence-electron chi connectivity index (χ4n) is 1.01. The highest BCUT2D eigenvalue weighted by molar-refractivity contribution is 4.58. The molecule has 0 heterocycles. The van der Waals surface area contributed by atoms with Crippen molar-refractivity contribution in [2.24, 2.45) is 5.73 Å². The van der Waals surface area contributed by atoms with Gasteiger partial charge in [0.1, 0.15) is 6.23 Å². The maximum atomic E-state index is 8.89. The first-order chi connectivity index (χ1) is 5.16. The Balaban J connectivity index is 3.15. The van der Waals surface area contributed by atoms with Crippen LogP contribution in [-0.4, -0.2) is 17.5 Å². The van der Waals surface area contributed by atoms with E-state index in [1.807, 2.05) is 0 Å². The van der Waals surface area contributed by atoms with Crippen LogP contribution in [0.15, 0.2) is 0 Å². The van der Waals surface area contributed by atoms with E-state index in [1.54, 1.807) is 6.92 Å². The largest absolute Gasteiger partial charge is 0.379 e. The highest BCUT2D eigenvalue weighted by Crippen LogP contribution is 1.99. The minimum atomic E-state index is -0.494. The van der Waals surface area contributed by atoms with Gasteiger partial charge in [0, 0.05) is 0 Å². The van der Waals surface area contributed by atoms with Gasteiger partial charge < -0.3 is 10.8 Å². The molecule has 0 aliphatic carbocycles. The lowest BCUT2D eigenvalue weighted by molar-refractivity contribution is 0.138. The summed E-state index contributed by atoms with van der Waals surface area (Å²) in [6, 6.07) is 0. The van der Waals surface area contributed by atoms with Crippen molar-refractivity contribution >= 4 is 0 Å². The third-order valence-corrected chi connectivity index (χ3v) is 1.57. The van der Waals surface area contributed by atoms with Crippen molar-refractivity contribution in [3.8, 4) is 0 Å². The van der Waals surface area contributed by atoms with Crippen LogP contribution < -0.4 is 11.1 Å². The fraction of sp³-hybridized carbons (Fsp3) is 1.00. The molecule has 2 atom stereocenters. The summed E-state index contributed by atoms with van der Waals surface area (Å²) >= 11 is 0. The van der Waals surface area contributed by atoms with Gasteiger partial charge in [-0.3, -0.25) is 5.32 Å². The van der Waals surface area contributed by atoms with Gasteiger partial charge in [0.15, 0.2) is 0 Å². The second-order valence-electron chi connectivity index (χ2n) is 2.94. The molecule has 0 saturated heterocycles. The molecule has 0 aromatic heterocycles. The SMILES string of the molecule is CCCCCC(N)NC(C)O. The molecule has 0 bridgehead atoms. The molecule has 0 amide bonds. The highest BCUT2D eigenvalue weighted by atomic mass is 16.3. The molecule has 0 fully saturated rings. The van der Waals surface area contributed by atoms with E-state index in [-0.39, 0.29) is 6.17 Å². The molecule has 0 saturated carbocycles. The van der Waals surface area contributed by atoms with Gasteiger partial charge in [-0.05, 0) is 13.3 Å². The van der Waals surface area contributed by atoms with Crippen LogP contribution in [0.4, 0.5) is 0 Å². The Labute approximate surface area is 69.0 Å². The van der Waals surface area contributed by atoms with E-state index in [1.165, 1.54) is 12.8 Å². The first kappa shape index (κ1) is 10.9. The van der Waals surface area contributed by atoms with Crippen LogP contribution in [0.1, 0.15) is 39.5 Å². The fourth-order valence-corrected chi connectivity index (χ4v) is 1.01. The third kappa shape index (κ3) is 7.78. The number of hydrogen-bond acceptors (Lipinski definition) is 3. The molecule has 3 nitrogen and oxygen atoms in total. The number of nitrogens with one attached hydrogen (secondary N) is 1.